The van der Waals surface area contributed by atoms with Crippen molar-refractivity contribution in [2.24, 2.45) is 0 Å². The summed E-state index contributed by atoms with van der Waals surface area (Å²) in [6, 6.07) is 26.9. The van der Waals surface area contributed by atoms with Gasteiger partial charge in [-0.3, -0.25) is 14.5 Å². The number of nitrogens with zero attached hydrogens (tertiary/aromatic N) is 2. The van der Waals surface area contributed by atoms with Gasteiger partial charge in [-0.25, -0.2) is 4.98 Å². The van der Waals surface area contributed by atoms with E-state index in [-0.39, 0.29) is 17.4 Å². The molecule has 1 aromatic heterocycles. The van der Waals surface area contributed by atoms with Crippen molar-refractivity contribution in [2.45, 2.75) is 32.1 Å². The Balaban J connectivity index is 1.31. The molecule has 4 aromatic carbocycles. The van der Waals surface area contributed by atoms with Crippen LogP contribution >= 0.6 is 11.3 Å². The van der Waals surface area contributed by atoms with Crippen molar-refractivity contribution in [1.82, 2.24) is 4.98 Å². The first-order chi connectivity index (χ1) is 21.4. The maximum absolute atomic E-state index is 13.7. The van der Waals surface area contributed by atoms with Crippen molar-refractivity contribution in [3.63, 3.8) is 0 Å². The number of methoxy groups -OCH3 is 1. The molecular formula is C35H28N2O6S. The molecule has 1 amide bonds. The van der Waals surface area contributed by atoms with Crippen molar-refractivity contribution in [1.29, 1.82) is 0 Å². The standard InChI is InChI=1S/C35H28N2O6S/c1-20-16-24-17-23(10-15-28(24)43-20)32(38)30-31(22-8-11-25(12-9-22)42-19-21-6-4-3-5-7-21)37(34(40)33(30)39)35-36-27-14-13-26(41-2)18-29(27)44-35/h3-15,17-18,20,31,38H,16,19H2,1-2H3. The Bertz CT molecular complexity index is 1930. The highest BCUT2D eigenvalue weighted by molar-refractivity contribution is 7.22. The number of ether oxygens (including phenoxy) is 3. The van der Waals surface area contributed by atoms with E-state index >= 15 is 0 Å². The lowest BCUT2D eigenvalue weighted by Gasteiger charge is -2.23. The Hall–Kier alpha value is -5.15. The molecule has 0 radical (unpaired) electrons. The molecule has 2 atom stereocenters. The van der Waals surface area contributed by atoms with Crippen molar-refractivity contribution in [3.8, 4) is 17.2 Å². The summed E-state index contributed by atoms with van der Waals surface area (Å²) in [5, 5.41) is 12.0. The zero-order valence-electron chi connectivity index (χ0n) is 24.0. The van der Waals surface area contributed by atoms with Crippen molar-refractivity contribution >= 4 is 44.1 Å². The Labute approximate surface area is 257 Å². The van der Waals surface area contributed by atoms with E-state index in [2.05, 4.69) is 0 Å². The van der Waals surface area contributed by atoms with E-state index in [1.54, 1.807) is 37.4 Å². The average Bonchev–Trinajstić information content (AvgIpc) is 3.72. The van der Waals surface area contributed by atoms with E-state index in [1.807, 2.05) is 67.6 Å². The van der Waals surface area contributed by atoms with Crippen molar-refractivity contribution < 1.29 is 28.9 Å². The van der Waals surface area contributed by atoms with Crippen LogP contribution in [0, 0.1) is 0 Å². The molecule has 220 valence electrons. The van der Waals surface area contributed by atoms with Gasteiger partial charge in [0.25, 0.3) is 5.78 Å². The molecule has 7 rings (SSSR count). The Kier molecular flexibility index (Phi) is 7.02. The van der Waals surface area contributed by atoms with Crippen LogP contribution in [0.5, 0.6) is 17.2 Å². The highest BCUT2D eigenvalue weighted by Gasteiger charge is 2.48. The fourth-order valence-electron chi connectivity index (χ4n) is 5.68. The van der Waals surface area contributed by atoms with Crippen molar-refractivity contribution in [3.05, 3.63) is 119 Å². The molecule has 3 heterocycles. The normalized spacial score (nSPS) is 18.8. The minimum atomic E-state index is -0.913. The molecule has 1 saturated heterocycles. The van der Waals surface area contributed by atoms with Gasteiger partial charge in [-0.2, -0.15) is 0 Å². The molecular weight excluding hydrogens is 576 g/mol. The summed E-state index contributed by atoms with van der Waals surface area (Å²) in [5.41, 5.74) is 3.72. The van der Waals surface area contributed by atoms with Gasteiger partial charge in [-0.05, 0) is 72.1 Å². The number of anilines is 1. The van der Waals surface area contributed by atoms with Crippen LogP contribution in [-0.2, 0) is 22.6 Å². The van der Waals surface area contributed by atoms with Gasteiger partial charge < -0.3 is 19.3 Å². The largest absolute Gasteiger partial charge is 0.507 e. The molecule has 1 N–H and O–H groups in total. The van der Waals surface area contributed by atoms with Gasteiger partial charge in [0.2, 0.25) is 0 Å². The second-order valence-electron chi connectivity index (χ2n) is 10.8. The first-order valence-corrected chi connectivity index (χ1v) is 15.0. The lowest BCUT2D eigenvalue weighted by molar-refractivity contribution is -0.132. The third kappa shape index (κ3) is 4.95. The molecule has 9 heteroatoms. The van der Waals surface area contributed by atoms with Gasteiger partial charge in [0, 0.05) is 12.0 Å². The Morgan fingerprint density at radius 3 is 2.55 bits per heavy atom. The number of fused-ring (bicyclic) bond motifs is 2. The lowest BCUT2D eigenvalue weighted by Crippen LogP contribution is -2.29. The predicted octanol–water partition coefficient (Wildman–Crippen LogP) is 6.83. The second kappa shape index (κ2) is 11.2. The average molecular weight is 605 g/mol. The molecule has 5 aromatic rings. The third-order valence-corrected chi connectivity index (χ3v) is 8.87. The number of rotatable bonds is 7. The minimum absolute atomic E-state index is 0.00305. The number of aliphatic hydroxyl groups excluding tert-OH is 1. The van der Waals surface area contributed by atoms with Crippen LogP contribution in [0.15, 0.2) is 96.6 Å². The first kappa shape index (κ1) is 27.7. The highest BCUT2D eigenvalue weighted by Crippen LogP contribution is 2.45. The van der Waals surface area contributed by atoms with Gasteiger partial charge >= 0.3 is 5.91 Å². The summed E-state index contributed by atoms with van der Waals surface area (Å²) < 4.78 is 18.0. The molecule has 0 saturated carbocycles. The zero-order valence-corrected chi connectivity index (χ0v) is 24.8. The molecule has 0 spiro atoms. The summed E-state index contributed by atoms with van der Waals surface area (Å²) in [7, 11) is 1.58. The second-order valence-corrected chi connectivity index (χ2v) is 11.8. The number of aliphatic hydroxyl groups is 1. The van der Waals surface area contributed by atoms with Crippen LogP contribution in [-0.4, -0.2) is 35.0 Å². The number of hydrogen-bond acceptors (Lipinski definition) is 8. The van der Waals surface area contributed by atoms with Crippen LogP contribution in [0.3, 0.4) is 0 Å². The van der Waals surface area contributed by atoms with Gasteiger partial charge in [-0.1, -0.05) is 53.8 Å². The number of carbonyl (C=O) groups excluding carboxylic acids is 2. The SMILES string of the molecule is COc1ccc2nc(N3C(=O)C(=O)C(=C(O)c4ccc5c(c4)CC(C)O5)C3c3ccc(OCc4ccccc4)cc3)sc2c1. The van der Waals surface area contributed by atoms with Gasteiger partial charge in [0.05, 0.1) is 28.9 Å². The van der Waals surface area contributed by atoms with E-state index in [9.17, 15) is 14.7 Å². The van der Waals surface area contributed by atoms with Crippen LogP contribution in [0.1, 0.15) is 35.2 Å². The maximum atomic E-state index is 13.7. The van der Waals surface area contributed by atoms with Crippen LogP contribution in [0.2, 0.25) is 0 Å². The number of Topliss-reactive ketones (excluding diaryl/α,β-unsaturated/α-hetero) is 1. The smallest absolute Gasteiger partial charge is 0.301 e. The lowest BCUT2D eigenvalue weighted by atomic mass is 9.94. The van der Waals surface area contributed by atoms with Gasteiger partial charge in [0.15, 0.2) is 5.13 Å². The van der Waals surface area contributed by atoms with Crippen molar-refractivity contribution in [2.75, 3.05) is 12.0 Å². The van der Waals surface area contributed by atoms with Crippen LogP contribution in [0.4, 0.5) is 5.13 Å². The first-order valence-electron chi connectivity index (χ1n) is 14.2. The number of ketones is 1. The molecule has 2 unspecified atom stereocenters. The van der Waals surface area contributed by atoms with Crippen LogP contribution in [0.25, 0.3) is 16.0 Å². The number of carbonyl (C=O) groups is 2. The fourth-order valence-corrected chi connectivity index (χ4v) is 6.70. The molecule has 2 aliphatic rings. The summed E-state index contributed by atoms with van der Waals surface area (Å²) >= 11 is 1.28. The van der Waals surface area contributed by atoms with E-state index in [0.29, 0.717) is 46.3 Å². The topological polar surface area (TPSA) is 98.2 Å². The predicted molar refractivity (Wildman–Crippen MR) is 168 cm³/mol. The number of hydrogen-bond donors (Lipinski definition) is 1. The molecule has 0 aliphatic carbocycles. The monoisotopic (exact) mass is 604 g/mol. The highest BCUT2D eigenvalue weighted by atomic mass is 32.1. The Morgan fingerprint density at radius 1 is 1.00 bits per heavy atom. The van der Waals surface area contributed by atoms with E-state index in [4.69, 9.17) is 19.2 Å². The molecule has 0 bridgehead atoms. The van der Waals surface area contributed by atoms with Crippen LogP contribution < -0.4 is 19.1 Å². The summed E-state index contributed by atoms with van der Waals surface area (Å²) in [6.45, 7) is 2.38. The van der Waals surface area contributed by atoms with E-state index < -0.39 is 17.7 Å². The quantitative estimate of drug-likeness (QED) is 0.123. The van der Waals surface area contributed by atoms with Gasteiger partial charge in [0.1, 0.15) is 35.7 Å². The molecule has 1 fully saturated rings. The molecule has 2 aliphatic heterocycles. The number of benzene rings is 4. The zero-order chi connectivity index (χ0) is 30.4. The summed E-state index contributed by atoms with van der Waals surface area (Å²) in [6.07, 6.45) is 0.710. The van der Waals surface area contributed by atoms with E-state index in [0.717, 1.165) is 21.6 Å². The Morgan fingerprint density at radius 2 is 1.77 bits per heavy atom. The molecule has 44 heavy (non-hydrogen) atoms. The number of amides is 1. The minimum Gasteiger partial charge on any atom is -0.507 e. The molecule has 8 nitrogen and oxygen atoms in total. The third-order valence-electron chi connectivity index (χ3n) is 7.85. The van der Waals surface area contributed by atoms with Gasteiger partial charge in [-0.15, -0.1) is 0 Å². The summed E-state index contributed by atoms with van der Waals surface area (Å²) in [4.78, 5) is 33.5. The number of thiazole rings is 1. The maximum Gasteiger partial charge on any atom is 0.301 e. The summed E-state index contributed by atoms with van der Waals surface area (Å²) in [5.74, 6) is 0.262. The number of aromatic nitrogens is 1. The van der Waals surface area contributed by atoms with E-state index in [1.165, 1.54) is 16.2 Å². The fraction of sp³-hybridized carbons (Fsp3) is 0.171.